The smallest absolute Gasteiger partial charge is 0.266 e. The summed E-state index contributed by atoms with van der Waals surface area (Å²) in [7, 11) is 0. The van der Waals surface area contributed by atoms with Crippen molar-refractivity contribution in [3.05, 3.63) is 70.9 Å². The van der Waals surface area contributed by atoms with Gasteiger partial charge in [-0.25, -0.2) is 9.67 Å². The molecule has 146 valence electrons. The molecule has 0 saturated carbocycles. The zero-order valence-corrected chi connectivity index (χ0v) is 16.0. The fourth-order valence-corrected chi connectivity index (χ4v) is 3.35. The minimum atomic E-state index is -0.0990. The van der Waals surface area contributed by atoms with Crippen LogP contribution >= 0.6 is 0 Å². The molecule has 0 atom stereocenters. The van der Waals surface area contributed by atoms with Crippen LogP contribution in [0.4, 0.5) is 5.82 Å². The van der Waals surface area contributed by atoms with E-state index in [1.165, 1.54) is 4.68 Å². The van der Waals surface area contributed by atoms with E-state index in [2.05, 4.69) is 30.9 Å². The van der Waals surface area contributed by atoms with Gasteiger partial charge in [0, 0.05) is 62.9 Å². The van der Waals surface area contributed by atoms with Crippen molar-refractivity contribution in [1.82, 2.24) is 24.6 Å². The lowest BCUT2D eigenvalue weighted by Crippen LogP contribution is -2.48. The fraction of sp³-hybridized carbons (Fsp3) is 0.286. The number of pyridine rings is 2. The molecule has 0 spiro atoms. The largest absolute Gasteiger partial charge is 0.354 e. The van der Waals surface area contributed by atoms with Crippen molar-refractivity contribution in [3.63, 3.8) is 0 Å². The Bertz CT molecular complexity index is 1050. The number of nitriles is 1. The second-order valence-electron chi connectivity index (χ2n) is 6.87. The quantitative estimate of drug-likeness (QED) is 0.653. The molecule has 8 heteroatoms. The zero-order valence-electron chi connectivity index (χ0n) is 16.0. The molecule has 3 aromatic heterocycles. The molecule has 1 aliphatic rings. The highest BCUT2D eigenvalue weighted by atomic mass is 16.1. The molecule has 1 fully saturated rings. The summed E-state index contributed by atoms with van der Waals surface area (Å²) in [4.78, 5) is 25.2. The van der Waals surface area contributed by atoms with E-state index in [1.54, 1.807) is 36.8 Å². The molecule has 4 rings (SSSR count). The van der Waals surface area contributed by atoms with Gasteiger partial charge in [-0.1, -0.05) is 0 Å². The lowest BCUT2D eigenvalue weighted by Gasteiger charge is -2.35. The first kappa shape index (κ1) is 18.8. The molecule has 0 aliphatic carbocycles. The highest BCUT2D eigenvalue weighted by Gasteiger charge is 2.18. The average molecular weight is 387 g/mol. The fourth-order valence-electron chi connectivity index (χ4n) is 3.35. The van der Waals surface area contributed by atoms with Gasteiger partial charge in [0.05, 0.1) is 17.8 Å². The minimum absolute atomic E-state index is 0.0990. The molecule has 0 N–H and O–H groups in total. The summed E-state index contributed by atoms with van der Waals surface area (Å²) in [6, 6.07) is 12.9. The summed E-state index contributed by atoms with van der Waals surface area (Å²) in [6.07, 6.45) is 5.06. The number of nitrogens with zero attached hydrogens (tertiary/aromatic N) is 7. The van der Waals surface area contributed by atoms with Gasteiger partial charge in [0.15, 0.2) is 0 Å². The van der Waals surface area contributed by atoms with Gasteiger partial charge in [-0.05, 0) is 30.3 Å². The monoisotopic (exact) mass is 387 g/mol. The Labute approximate surface area is 168 Å². The van der Waals surface area contributed by atoms with Gasteiger partial charge in [-0.3, -0.25) is 14.7 Å². The molecule has 3 aromatic rings. The molecule has 1 saturated heterocycles. The summed E-state index contributed by atoms with van der Waals surface area (Å²) in [6.45, 7) is 4.80. The number of anilines is 1. The number of rotatable bonds is 5. The van der Waals surface area contributed by atoms with Crippen LogP contribution in [0.3, 0.4) is 0 Å². The molecular weight excluding hydrogens is 366 g/mol. The van der Waals surface area contributed by atoms with E-state index in [4.69, 9.17) is 5.26 Å². The first-order chi connectivity index (χ1) is 14.2. The van der Waals surface area contributed by atoms with Gasteiger partial charge in [-0.15, -0.1) is 0 Å². The predicted octanol–water partition coefficient (Wildman–Crippen LogP) is 1.39. The SMILES string of the molecule is N#Cc1ccc(N2CCN(CCn3nc(-c4cccnc4)ccc3=O)CC2)nc1. The minimum Gasteiger partial charge on any atom is -0.354 e. The number of aromatic nitrogens is 4. The Morgan fingerprint density at radius 3 is 2.55 bits per heavy atom. The normalized spacial score (nSPS) is 14.5. The lowest BCUT2D eigenvalue weighted by atomic mass is 10.2. The third-order valence-corrected chi connectivity index (χ3v) is 5.03. The first-order valence-corrected chi connectivity index (χ1v) is 9.55. The molecule has 0 radical (unpaired) electrons. The van der Waals surface area contributed by atoms with Crippen LogP contribution in [-0.2, 0) is 6.54 Å². The standard InChI is InChI=1S/C21H21N7O/c22-14-17-3-5-20(24-15-17)27-11-8-26(9-12-27)10-13-28-21(29)6-4-19(25-28)18-2-1-7-23-16-18/h1-7,15-16H,8-13H2. The molecule has 4 heterocycles. The Kier molecular flexibility index (Phi) is 5.59. The highest BCUT2D eigenvalue weighted by molar-refractivity contribution is 5.56. The third kappa shape index (κ3) is 4.47. The molecule has 29 heavy (non-hydrogen) atoms. The van der Waals surface area contributed by atoms with Crippen molar-refractivity contribution < 1.29 is 0 Å². The second kappa shape index (κ2) is 8.63. The van der Waals surface area contributed by atoms with Gasteiger partial charge in [0.2, 0.25) is 0 Å². The van der Waals surface area contributed by atoms with E-state index < -0.39 is 0 Å². The maximum atomic E-state index is 12.2. The average Bonchev–Trinajstić information content (AvgIpc) is 2.79. The van der Waals surface area contributed by atoms with Gasteiger partial charge < -0.3 is 4.90 Å². The van der Waals surface area contributed by atoms with E-state index in [9.17, 15) is 4.79 Å². The first-order valence-electron chi connectivity index (χ1n) is 9.55. The number of hydrogen-bond acceptors (Lipinski definition) is 7. The summed E-state index contributed by atoms with van der Waals surface area (Å²) in [5, 5.41) is 13.4. The summed E-state index contributed by atoms with van der Waals surface area (Å²) in [5.41, 5.74) is 2.11. The van der Waals surface area contributed by atoms with Crippen molar-refractivity contribution >= 4 is 5.82 Å². The van der Waals surface area contributed by atoms with Gasteiger partial charge in [-0.2, -0.15) is 10.4 Å². The van der Waals surface area contributed by atoms with Crippen LogP contribution in [0.2, 0.25) is 0 Å². The van der Waals surface area contributed by atoms with E-state index in [0.29, 0.717) is 12.1 Å². The van der Waals surface area contributed by atoms with Gasteiger partial charge >= 0.3 is 0 Å². The maximum Gasteiger partial charge on any atom is 0.266 e. The highest BCUT2D eigenvalue weighted by Crippen LogP contribution is 2.14. The molecule has 8 nitrogen and oxygen atoms in total. The molecule has 0 amide bonds. The molecule has 0 bridgehead atoms. The molecule has 0 unspecified atom stereocenters. The van der Waals surface area contributed by atoms with E-state index in [0.717, 1.165) is 49.8 Å². The van der Waals surface area contributed by atoms with E-state index in [1.807, 2.05) is 18.2 Å². The Morgan fingerprint density at radius 2 is 1.86 bits per heavy atom. The van der Waals surface area contributed by atoms with E-state index in [-0.39, 0.29) is 5.56 Å². The van der Waals surface area contributed by atoms with Crippen LogP contribution in [0.5, 0.6) is 0 Å². The van der Waals surface area contributed by atoms with Crippen molar-refractivity contribution in [2.45, 2.75) is 6.54 Å². The van der Waals surface area contributed by atoms with Crippen molar-refractivity contribution in [2.75, 3.05) is 37.6 Å². The lowest BCUT2D eigenvalue weighted by molar-refractivity contribution is 0.242. The van der Waals surface area contributed by atoms with Crippen molar-refractivity contribution in [1.29, 1.82) is 5.26 Å². The van der Waals surface area contributed by atoms with Crippen LogP contribution in [0, 0.1) is 11.3 Å². The van der Waals surface area contributed by atoms with Gasteiger partial charge in [0.1, 0.15) is 11.9 Å². The van der Waals surface area contributed by atoms with Crippen LogP contribution in [0.25, 0.3) is 11.3 Å². The Hall–Kier alpha value is -3.57. The van der Waals surface area contributed by atoms with Crippen LogP contribution in [0.1, 0.15) is 5.56 Å². The second-order valence-corrected chi connectivity index (χ2v) is 6.87. The predicted molar refractivity (Wildman–Crippen MR) is 109 cm³/mol. The zero-order chi connectivity index (χ0) is 20.1. The van der Waals surface area contributed by atoms with Crippen LogP contribution < -0.4 is 10.5 Å². The summed E-state index contributed by atoms with van der Waals surface area (Å²) in [5.74, 6) is 0.894. The van der Waals surface area contributed by atoms with Crippen LogP contribution in [-0.4, -0.2) is 57.4 Å². The molecular formula is C21H21N7O. The number of hydrogen-bond donors (Lipinski definition) is 0. The molecule has 0 aromatic carbocycles. The summed E-state index contributed by atoms with van der Waals surface area (Å²) < 4.78 is 1.52. The Morgan fingerprint density at radius 1 is 1.00 bits per heavy atom. The van der Waals surface area contributed by atoms with Crippen molar-refractivity contribution in [3.8, 4) is 17.3 Å². The van der Waals surface area contributed by atoms with Crippen molar-refractivity contribution in [2.24, 2.45) is 0 Å². The van der Waals surface area contributed by atoms with E-state index >= 15 is 0 Å². The van der Waals surface area contributed by atoms with Gasteiger partial charge in [0.25, 0.3) is 5.56 Å². The Balaban J connectivity index is 1.34. The topological polar surface area (TPSA) is 90.9 Å². The van der Waals surface area contributed by atoms with Crippen LogP contribution in [0.15, 0.2) is 59.8 Å². The maximum absolute atomic E-state index is 12.2. The summed E-state index contributed by atoms with van der Waals surface area (Å²) >= 11 is 0. The third-order valence-electron chi connectivity index (χ3n) is 5.03. The number of piperazine rings is 1. The molecule has 1 aliphatic heterocycles.